The molecule has 0 aliphatic heterocycles. The van der Waals surface area contributed by atoms with Gasteiger partial charge in [-0.3, -0.25) is 4.79 Å². The molecule has 0 saturated heterocycles. The SMILES string of the molecule is CCCC(C)(CC)C(=O)OCc1cccc2c(O)cccc12. The van der Waals surface area contributed by atoms with Crippen molar-refractivity contribution in [3.05, 3.63) is 42.0 Å². The molecule has 0 amide bonds. The minimum absolute atomic E-state index is 0.144. The molecule has 0 aliphatic carbocycles. The number of carbonyl (C=O) groups is 1. The van der Waals surface area contributed by atoms with Crippen LogP contribution >= 0.6 is 0 Å². The number of esters is 1. The van der Waals surface area contributed by atoms with Crippen molar-refractivity contribution in [1.29, 1.82) is 0 Å². The molecule has 2 rings (SSSR count). The van der Waals surface area contributed by atoms with Gasteiger partial charge in [-0.2, -0.15) is 0 Å². The van der Waals surface area contributed by atoms with Gasteiger partial charge in [0.15, 0.2) is 0 Å². The number of hydrogen-bond donors (Lipinski definition) is 1. The predicted octanol–water partition coefficient (Wildman–Crippen LogP) is 4.81. The van der Waals surface area contributed by atoms with E-state index >= 15 is 0 Å². The molecule has 0 heterocycles. The van der Waals surface area contributed by atoms with E-state index in [2.05, 4.69) is 6.92 Å². The van der Waals surface area contributed by atoms with Gasteiger partial charge in [-0.1, -0.05) is 50.6 Å². The van der Waals surface area contributed by atoms with Crippen molar-refractivity contribution in [1.82, 2.24) is 0 Å². The number of benzene rings is 2. The molecule has 0 aliphatic rings. The summed E-state index contributed by atoms with van der Waals surface area (Å²) >= 11 is 0. The first kappa shape index (κ1) is 16.3. The molecular weight excluding hydrogens is 276 g/mol. The molecule has 22 heavy (non-hydrogen) atoms. The Hall–Kier alpha value is -2.03. The first-order chi connectivity index (χ1) is 10.5. The molecule has 3 nitrogen and oxygen atoms in total. The lowest BCUT2D eigenvalue weighted by Gasteiger charge is -2.25. The third-order valence-electron chi connectivity index (χ3n) is 4.42. The molecule has 2 aromatic carbocycles. The molecule has 1 unspecified atom stereocenters. The summed E-state index contributed by atoms with van der Waals surface area (Å²) < 4.78 is 5.56. The van der Waals surface area contributed by atoms with E-state index < -0.39 is 5.41 Å². The summed E-state index contributed by atoms with van der Waals surface area (Å²) in [7, 11) is 0. The van der Waals surface area contributed by atoms with Gasteiger partial charge in [-0.25, -0.2) is 0 Å². The zero-order chi connectivity index (χ0) is 16.2. The van der Waals surface area contributed by atoms with E-state index in [1.165, 1.54) is 0 Å². The van der Waals surface area contributed by atoms with Crippen molar-refractivity contribution in [3.8, 4) is 5.75 Å². The van der Waals surface area contributed by atoms with Crippen molar-refractivity contribution in [3.63, 3.8) is 0 Å². The van der Waals surface area contributed by atoms with Gasteiger partial charge in [-0.15, -0.1) is 0 Å². The normalized spacial score (nSPS) is 13.8. The fourth-order valence-corrected chi connectivity index (χ4v) is 2.78. The number of hydrogen-bond acceptors (Lipinski definition) is 3. The van der Waals surface area contributed by atoms with E-state index in [-0.39, 0.29) is 18.3 Å². The molecule has 0 saturated carbocycles. The average Bonchev–Trinajstić information content (AvgIpc) is 2.53. The van der Waals surface area contributed by atoms with Crippen LogP contribution in [0.2, 0.25) is 0 Å². The standard InChI is InChI=1S/C19H24O3/c1-4-12-19(3,5-2)18(21)22-13-14-8-6-10-16-15(14)9-7-11-17(16)20/h6-11,20H,4-5,12-13H2,1-3H3. The van der Waals surface area contributed by atoms with Crippen LogP contribution in [0.4, 0.5) is 0 Å². The van der Waals surface area contributed by atoms with Gasteiger partial charge >= 0.3 is 5.97 Å². The lowest BCUT2D eigenvalue weighted by atomic mass is 9.83. The Balaban J connectivity index is 2.19. The quantitative estimate of drug-likeness (QED) is 0.779. The molecule has 0 spiro atoms. The summed E-state index contributed by atoms with van der Waals surface area (Å²) in [5, 5.41) is 11.6. The summed E-state index contributed by atoms with van der Waals surface area (Å²) in [6, 6.07) is 11.1. The second-order valence-electron chi connectivity index (χ2n) is 6.03. The first-order valence-electron chi connectivity index (χ1n) is 7.88. The van der Waals surface area contributed by atoms with E-state index in [0.29, 0.717) is 0 Å². The second-order valence-corrected chi connectivity index (χ2v) is 6.03. The molecule has 0 radical (unpaired) electrons. The topological polar surface area (TPSA) is 46.5 Å². The van der Waals surface area contributed by atoms with Crippen LogP contribution in [-0.4, -0.2) is 11.1 Å². The number of aromatic hydroxyl groups is 1. The lowest BCUT2D eigenvalue weighted by Crippen LogP contribution is -2.29. The van der Waals surface area contributed by atoms with Gasteiger partial charge in [0.2, 0.25) is 0 Å². The molecule has 0 bridgehead atoms. The third-order valence-corrected chi connectivity index (χ3v) is 4.42. The average molecular weight is 300 g/mol. The zero-order valence-electron chi connectivity index (χ0n) is 13.6. The number of fused-ring (bicyclic) bond motifs is 1. The highest BCUT2D eigenvalue weighted by Crippen LogP contribution is 2.31. The van der Waals surface area contributed by atoms with Crippen LogP contribution < -0.4 is 0 Å². The summed E-state index contributed by atoms with van der Waals surface area (Å²) in [5.74, 6) is 0.101. The molecule has 1 atom stereocenters. The second kappa shape index (κ2) is 6.82. The molecule has 2 aromatic rings. The van der Waals surface area contributed by atoms with E-state index in [1.54, 1.807) is 12.1 Å². The van der Waals surface area contributed by atoms with Gasteiger partial charge < -0.3 is 9.84 Å². The van der Waals surface area contributed by atoms with Crippen LogP contribution in [0, 0.1) is 5.41 Å². The molecule has 0 fully saturated rings. The van der Waals surface area contributed by atoms with Crippen molar-refractivity contribution in [2.24, 2.45) is 5.41 Å². The van der Waals surface area contributed by atoms with Gasteiger partial charge in [0, 0.05) is 5.39 Å². The smallest absolute Gasteiger partial charge is 0.312 e. The Bertz CT molecular complexity index is 663. The Morgan fingerprint density at radius 1 is 1.14 bits per heavy atom. The predicted molar refractivity (Wildman–Crippen MR) is 88.7 cm³/mol. The maximum Gasteiger partial charge on any atom is 0.312 e. The van der Waals surface area contributed by atoms with Gasteiger partial charge in [0.1, 0.15) is 12.4 Å². The highest BCUT2D eigenvalue weighted by molar-refractivity contribution is 5.90. The van der Waals surface area contributed by atoms with Crippen molar-refractivity contribution in [2.75, 3.05) is 0 Å². The van der Waals surface area contributed by atoms with Crippen molar-refractivity contribution in [2.45, 2.75) is 46.6 Å². The van der Waals surface area contributed by atoms with Crippen molar-refractivity contribution >= 4 is 16.7 Å². The summed E-state index contributed by atoms with van der Waals surface area (Å²) in [4.78, 5) is 12.4. The largest absolute Gasteiger partial charge is 0.507 e. The maximum absolute atomic E-state index is 12.4. The summed E-state index contributed by atoms with van der Waals surface area (Å²) in [5.41, 5.74) is 0.498. The fraction of sp³-hybridized carbons (Fsp3) is 0.421. The highest BCUT2D eigenvalue weighted by Gasteiger charge is 2.31. The number of ether oxygens (including phenoxy) is 1. The van der Waals surface area contributed by atoms with Crippen molar-refractivity contribution < 1.29 is 14.6 Å². The van der Waals surface area contributed by atoms with Gasteiger partial charge in [0.25, 0.3) is 0 Å². The van der Waals surface area contributed by atoms with E-state index in [0.717, 1.165) is 35.6 Å². The fourth-order valence-electron chi connectivity index (χ4n) is 2.78. The summed E-state index contributed by atoms with van der Waals surface area (Å²) in [6.07, 6.45) is 2.57. The number of phenols is 1. The van der Waals surface area contributed by atoms with Crippen LogP contribution in [-0.2, 0) is 16.1 Å². The molecule has 0 aromatic heterocycles. The van der Waals surface area contributed by atoms with Crippen LogP contribution in [0.25, 0.3) is 10.8 Å². The van der Waals surface area contributed by atoms with E-state index in [4.69, 9.17) is 4.74 Å². The Morgan fingerprint density at radius 3 is 2.50 bits per heavy atom. The van der Waals surface area contributed by atoms with Crippen LogP contribution in [0.5, 0.6) is 5.75 Å². The van der Waals surface area contributed by atoms with Gasteiger partial charge in [0.05, 0.1) is 5.41 Å². The Labute approximate surface area is 131 Å². The maximum atomic E-state index is 12.4. The Kier molecular flexibility index (Phi) is 5.07. The lowest BCUT2D eigenvalue weighted by molar-refractivity contribution is -0.157. The minimum Gasteiger partial charge on any atom is -0.507 e. The zero-order valence-corrected chi connectivity index (χ0v) is 13.6. The number of carbonyl (C=O) groups excluding carboxylic acids is 1. The highest BCUT2D eigenvalue weighted by atomic mass is 16.5. The van der Waals surface area contributed by atoms with Crippen LogP contribution in [0.3, 0.4) is 0 Å². The number of rotatable bonds is 6. The summed E-state index contributed by atoms with van der Waals surface area (Å²) in [6.45, 7) is 6.30. The molecule has 118 valence electrons. The van der Waals surface area contributed by atoms with E-state index in [1.807, 2.05) is 38.1 Å². The third kappa shape index (κ3) is 3.24. The van der Waals surface area contributed by atoms with Gasteiger partial charge in [-0.05, 0) is 36.8 Å². The monoisotopic (exact) mass is 300 g/mol. The van der Waals surface area contributed by atoms with E-state index in [9.17, 15) is 9.90 Å². The molecule has 1 N–H and O–H groups in total. The minimum atomic E-state index is -0.415. The Morgan fingerprint density at radius 2 is 1.82 bits per heavy atom. The number of phenolic OH excluding ortho intramolecular Hbond substituents is 1. The van der Waals surface area contributed by atoms with Crippen LogP contribution in [0.15, 0.2) is 36.4 Å². The molecule has 3 heteroatoms. The van der Waals surface area contributed by atoms with Crippen LogP contribution in [0.1, 0.15) is 45.6 Å². The first-order valence-corrected chi connectivity index (χ1v) is 7.88. The molecular formula is C19H24O3.